The van der Waals surface area contributed by atoms with Gasteiger partial charge in [-0.25, -0.2) is 4.98 Å². The Morgan fingerprint density at radius 1 is 1.40 bits per heavy atom. The van der Waals surface area contributed by atoms with Crippen molar-refractivity contribution in [3.8, 4) is 0 Å². The Labute approximate surface area is 148 Å². The van der Waals surface area contributed by atoms with Gasteiger partial charge in [-0.15, -0.1) is 0 Å². The van der Waals surface area contributed by atoms with Gasteiger partial charge in [0.05, 0.1) is 19.4 Å². The summed E-state index contributed by atoms with van der Waals surface area (Å²) in [7, 11) is 1.62. The Hall–Kier alpha value is -1.89. The highest BCUT2D eigenvalue weighted by Crippen LogP contribution is 2.39. The molecule has 1 atom stereocenters. The fraction of sp³-hybridized carbons (Fsp3) is 0.722. The fourth-order valence-electron chi connectivity index (χ4n) is 4.08. The molecule has 7 heteroatoms. The minimum atomic E-state index is 0.0584. The summed E-state index contributed by atoms with van der Waals surface area (Å²) >= 11 is 0. The maximum absolute atomic E-state index is 12.4. The van der Waals surface area contributed by atoms with E-state index in [4.69, 9.17) is 4.74 Å². The molecule has 3 rings (SSSR count). The van der Waals surface area contributed by atoms with Crippen LogP contribution in [0.2, 0.25) is 0 Å². The molecule has 25 heavy (non-hydrogen) atoms. The monoisotopic (exact) mass is 348 g/mol. The molecule has 0 unspecified atom stereocenters. The molecule has 2 saturated heterocycles. The number of rotatable bonds is 6. The number of carbonyl (C=O) groups is 2. The highest BCUT2D eigenvalue weighted by Gasteiger charge is 2.42. The van der Waals surface area contributed by atoms with E-state index in [1.807, 2.05) is 9.80 Å². The Kier molecular flexibility index (Phi) is 5.73. The van der Waals surface area contributed by atoms with Crippen molar-refractivity contribution in [2.45, 2.75) is 38.5 Å². The molecule has 0 aliphatic carbocycles. The zero-order chi connectivity index (χ0) is 17.7. The average Bonchev–Trinajstić information content (AvgIpc) is 3.14. The summed E-state index contributed by atoms with van der Waals surface area (Å²) in [5.74, 6) is 0.398. The Balaban J connectivity index is 1.60. The van der Waals surface area contributed by atoms with Gasteiger partial charge in [0.25, 0.3) is 0 Å². The summed E-state index contributed by atoms with van der Waals surface area (Å²) in [6.45, 7) is 3.53. The minimum Gasteiger partial charge on any atom is -0.384 e. The van der Waals surface area contributed by atoms with E-state index in [-0.39, 0.29) is 17.2 Å². The van der Waals surface area contributed by atoms with Crippen LogP contribution in [-0.2, 0) is 20.7 Å². The average molecular weight is 348 g/mol. The number of aromatic amines is 1. The van der Waals surface area contributed by atoms with Gasteiger partial charge in [-0.2, -0.15) is 0 Å². The smallest absolute Gasteiger partial charge is 0.224 e. The standard InChI is InChI=1S/C18H28N4O3/c1-25-10-5-17(24)21-8-2-6-18(12-21)7-3-16(23)22(13-18)9-4-15-11-19-14-20-15/h11,14H,2-10,12-13H2,1H3,(H,19,20)/t18-/m1/s1. The van der Waals surface area contributed by atoms with Gasteiger partial charge >= 0.3 is 0 Å². The molecular weight excluding hydrogens is 320 g/mol. The third-order valence-electron chi connectivity index (χ3n) is 5.49. The molecule has 2 aliphatic rings. The lowest BCUT2D eigenvalue weighted by molar-refractivity contribution is -0.143. The Morgan fingerprint density at radius 3 is 3.04 bits per heavy atom. The van der Waals surface area contributed by atoms with Crippen molar-refractivity contribution >= 4 is 11.8 Å². The zero-order valence-corrected chi connectivity index (χ0v) is 15.0. The maximum atomic E-state index is 12.4. The van der Waals surface area contributed by atoms with Crippen LogP contribution in [-0.4, -0.2) is 71.5 Å². The van der Waals surface area contributed by atoms with Gasteiger partial charge in [0.1, 0.15) is 0 Å². The first kappa shape index (κ1) is 17.9. The van der Waals surface area contributed by atoms with E-state index >= 15 is 0 Å². The molecule has 1 aromatic heterocycles. The van der Waals surface area contributed by atoms with Crippen molar-refractivity contribution in [1.82, 2.24) is 19.8 Å². The number of H-pyrrole nitrogens is 1. The lowest BCUT2D eigenvalue weighted by Crippen LogP contribution is -2.55. The van der Waals surface area contributed by atoms with Crippen molar-refractivity contribution in [3.63, 3.8) is 0 Å². The number of carbonyl (C=O) groups excluding carboxylic acids is 2. The van der Waals surface area contributed by atoms with Gasteiger partial charge in [0, 0.05) is 63.4 Å². The molecule has 7 nitrogen and oxygen atoms in total. The molecule has 2 aliphatic heterocycles. The van der Waals surface area contributed by atoms with Crippen LogP contribution in [0.5, 0.6) is 0 Å². The van der Waals surface area contributed by atoms with Crippen LogP contribution in [0, 0.1) is 5.41 Å². The topological polar surface area (TPSA) is 78.5 Å². The molecule has 0 radical (unpaired) electrons. The summed E-state index contributed by atoms with van der Waals surface area (Å²) < 4.78 is 5.03. The van der Waals surface area contributed by atoms with E-state index in [0.29, 0.717) is 26.0 Å². The van der Waals surface area contributed by atoms with Gasteiger partial charge < -0.3 is 19.5 Å². The molecule has 1 spiro atoms. The largest absolute Gasteiger partial charge is 0.384 e. The molecular formula is C18H28N4O3. The zero-order valence-electron chi connectivity index (χ0n) is 15.0. The number of ether oxygens (including phenoxy) is 1. The summed E-state index contributed by atoms with van der Waals surface area (Å²) in [6, 6.07) is 0. The van der Waals surface area contributed by atoms with E-state index in [2.05, 4.69) is 9.97 Å². The van der Waals surface area contributed by atoms with Gasteiger partial charge in [0.2, 0.25) is 11.8 Å². The molecule has 2 fully saturated rings. The van der Waals surface area contributed by atoms with Crippen molar-refractivity contribution in [1.29, 1.82) is 0 Å². The van der Waals surface area contributed by atoms with Crippen molar-refractivity contribution in [2.75, 3.05) is 39.9 Å². The molecule has 0 bridgehead atoms. The number of likely N-dealkylation sites (tertiary alicyclic amines) is 2. The van der Waals surface area contributed by atoms with E-state index in [0.717, 1.165) is 51.0 Å². The molecule has 2 amide bonds. The van der Waals surface area contributed by atoms with Gasteiger partial charge in [-0.3, -0.25) is 9.59 Å². The van der Waals surface area contributed by atoms with Crippen molar-refractivity contribution in [3.05, 3.63) is 18.2 Å². The van der Waals surface area contributed by atoms with Crippen molar-refractivity contribution in [2.24, 2.45) is 5.41 Å². The molecule has 1 N–H and O–H groups in total. The molecule has 1 aromatic rings. The predicted octanol–water partition coefficient (Wildman–Crippen LogP) is 1.22. The predicted molar refractivity (Wildman–Crippen MR) is 92.8 cm³/mol. The summed E-state index contributed by atoms with van der Waals surface area (Å²) in [4.78, 5) is 35.8. The molecule has 3 heterocycles. The number of nitrogens with one attached hydrogen (secondary N) is 1. The van der Waals surface area contributed by atoms with Crippen LogP contribution in [0.4, 0.5) is 0 Å². The molecule has 138 valence electrons. The van der Waals surface area contributed by atoms with Crippen molar-refractivity contribution < 1.29 is 14.3 Å². The van der Waals surface area contributed by atoms with Crippen LogP contribution in [0.15, 0.2) is 12.5 Å². The van der Waals surface area contributed by atoms with Crippen LogP contribution in [0.1, 0.15) is 37.8 Å². The van der Waals surface area contributed by atoms with Crippen LogP contribution in [0.25, 0.3) is 0 Å². The van der Waals surface area contributed by atoms with Gasteiger partial charge in [-0.05, 0) is 19.3 Å². The third kappa shape index (κ3) is 4.39. The SMILES string of the molecule is COCCC(=O)N1CCC[C@@]2(CCC(=O)N(CCc3cnc[nH]3)C2)C1. The number of hydrogen-bond acceptors (Lipinski definition) is 4. The van der Waals surface area contributed by atoms with Gasteiger partial charge in [0.15, 0.2) is 0 Å². The Bertz CT molecular complexity index is 589. The van der Waals surface area contributed by atoms with E-state index in [1.54, 1.807) is 19.6 Å². The lowest BCUT2D eigenvalue weighted by atomic mass is 9.73. The maximum Gasteiger partial charge on any atom is 0.224 e. The number of aromatic nitrogens is 2. The minimum absolute atomic E-state index is 0.0584. The molecule has 0 aromatic carbocycles. The first-order valence-corrected chi connectivity index (χ1v) is 9.14. The number of imidazole rings is 1. The highest BCUT2D eigenvalue weighted by molar-refractivity contribution is 5.78. The summed E-state index contributed by atoms with van der Waals surface area (Å²) in [6.07, 6.45) is 8.29. The second-order valence-corrected chi connectivity index (χ2v) is 7.30. The number of piperidine rings is 2. The van der Waals surface area contributed by atoms with Crippen LogP contribution in [0.3, 0.4) is 0 Å². The van der Waals surface area contributed by atoms with Crippen LogP contribution >= 0.6 is 0 Å². The van der Waals surface area contributed by atoms with E-state index in [9.17, 15) is 9.59 Å². The second kappa shape index (κ2) is 7.99. The second-order valence-electron chi connectivity index (χ2n) is 7.30. The fourth-order valence-corrected chi connectivity index (χ4v) is 4.08. The number of hydrogen-bond donors (Lipinski definition) is 1. The first-order chi connectivity index (χ1) is 12.1. The normalized spacial score (nSPS) is 24.1. The Morgan fingerprint density at radius 2 is 2.28 bits per heavy atom. The summed E-state index contributed by atoms with van der Waals surface area (Å²) in [5.41, 5.74) is 1.11. The van der Waals surface area contributed by atoms with E-state index < -0.39 is 0 Å². The third-order valence-corrected chi connectivity index (χ3v) is 5.49. The number of amides is 2. The number of methoxy groups -OCH3 is 1. The molecule has 0 saturated carbocycles. The van der Waals surface area contributed by atoms with Crippen LogP contribution < -0.4 is 0 Å². The lowest BCUT2D eigenvalue weighted by Gasteiger charge is -2.48. The van der Waals surface area contributed by atoms with E-state index in [1.165, 1.54) is 0 Å². The highest BCUT2D eigenvalue weighted by atomic mass is 16.5. The summed E-state index contributed by atoms with van der Waals surface area (Å²) in [5, 5.41) is 0. The van der Waals surface area contributed by atoms with Gasteiger partial charge in [-0.1, -0.05) is 0 Å². The number of nitrogens with zero attached hydrogens (tertiary/aromatic N) is 3. The quantitative estimate of drug-likeness (QED) is 0.838. The first-order valence-electron chi connectivity index (χ1n) is 9.14.